The van der Waals surface area contributed by atoms with Gasteiger partial charge in [-0.05, 0) is 70.8 Å². The van der Waals surface area contributed by atoms with E-state index in [1.807, 2.05) is 30.5 Å². The van der Waals surface area contributed by atoms with Crippen molar-refractivity contribution in [2.45, 2.75) is 0 Å². The number of fused-ring (bicyclic) bond motifs is 8. The number of anilines is 4. The molecule has 7 heteroatoms. The predicted octanol–water partition coefficient (Wildman–Crippen LogP) is 13.2. The number of para-hydroxylation sites is 5. The van der Waals surface area contributed by atoms with Gasteiger partial charge in [0.15, 0.2) is 0 Å². The molecule has 11 aromatic rings. The standard InChI is InChI=1S/C52H32N5O.Pt/c1-3-16-37(17-4-1)54-34-55(48-25-12-11-24-47(48)54)39-20-13-21-40(30-39)58-41-26-27-43-42-22-9-10-23-46(42)57(50(43)31-41)52-32-51-45(33-53-52)44-28-35-14-7-8-15-36(35)29-49(44)56(51)38-18-5-2-6-19-38;/h1-29,32-34H;/q-3;. The fraction of sp³-hybridized carbons (Fsp3) is 0. The second-order valence-electron chi connectivity index (χ2n) is 14.6. The van der Waals surface area contributed by atoms with Crippen molar-refractivity contribution in [1.82, 2.24) is 14.1 Å². The molecule has 12 rings (SSSR count). The molecule has 0 bridgehead atoms. The molecule has 0 N–H and O–H groups in total. The zero-order chi connectivity index (χ0) is 38.2. The zero-order valence-electron chi connectivity index (χ0n) is 31.4. The van der Waals surface area contributed by atoms with E-state index in [4.69, 9.17) is 9.72 Å². The molecule has 4 heterocycles. The summed E-state index contributed by atoms with van der Waals surface area (Å²) in [5.41, 5.74) is 9.39. The number of nitrogens with zero attached hydrogens (tertiary/aromatic N) is 5. The van der Waals surface area contributed by atoms with Gasteiger partial charge in [-0.3, -0.25) is 0 Å². The second kappa shape index (κ2) is 14.1. The van der Waals surface area contributed by atoms with Gasteiger partial charge in [-0.15, -0.1) is 48.1 Å². The van der Waals surface area contributed by atoms with Crippen molar-refractivity contribution < 1.29 is 25.8 Å². The quantitative estimate of drug-likeness (QED) is 0.156. The van der Waals surface area contributed by atoms with Crippen molar-refractivity contribution in [2.24, 2.45) is 0 Å². The Kier molecular flexibility index (Phi) is 8.35. The summed E-state index contributed by atoms with van der Waals surface area (Å²) in [5, 5.41) is 6.87. The number of benzene rings is 8. The Labute approximate surface area is 355 Å². The van der Waals surface area contributed by atoms with Crippen molar-refractivity contribution in [3.8, 4) is 23.0 Å². The van der Waals surface area contributed by atoms with E-state index in [0.717, 1.165) is 72.5 Å². The Morgan fingerprint density at radius 3 is 1.93 bits per heavy atom. The normalized spacial score (nSPS) is 12.5. The first-order valence-corrected chi connectivity index (χ1v) is 19.4. The smallest absolute Gasteiger partial charge is 0.137 e. The Hall–Kier alpha value is -7.14. The fourth-order valence-electron chi connectivity index (χ4n) is 8.59. The molecule has 0 spiro atoms. The molecule has 0 saturated carbocycles. The van der Waals surface area contributed by atoms with Gasteiger partial charge in [0, 0.05) is 83.9 Å². The van der Waals surface area contributed by atoms with Crippen LogP contribution in [0.4, 0.5) is 22.7 Å². The minimum atomic E-state index is 0. The zero-order valence-corrected chi connectivity index (χ0v) is 33.7. The van der Waals surface area contributed by atoms with Crippen molar-refractivity contribution in [3.63, 3.8) is 0 Å². The molecular formula is C52H32N5OPt-3. The largest absolute Gasteiger partial charge is 0.509 e. The van der Waals surface area contributed by atoms with Crippen LogP contribution in [0.25, 0.3) is 65.9 Å². The Bertz CT molecular complexity index is 3380. The summed E-state index contributed by atoms with van der Waals surface area (Å²) in [7, 11) is 0. The molecule has 3 aromatic heterocycles. The molecule has 1 aliphatic rings. The van der Waals surface area contributed by atoms with Crippen LogP contribution in [0.5, 0.6) is 11.5 Å². The molecular weight excluding hydrogens is 906 g/mol. The third kappa shape index (κ3) is 5.71. The van der Waals surface area contributed by atoms with Crippen LogP contribution in [0.1, 0.15) is 0 Å². The number of pyridine rings is 1. The molecule has 0 fully saturated rings. The van der Waals surface area contributed by atoms with E-state index in [-0.39, 0.29) is 21.1 Å². The average Bonchev–Trinajstić information content (AvgIpc) is 3.93. The van der Waals surface area contributed by atoms with Crippen LogP contribution in [0.3, 0.4) is 0 Å². The second-order valence-corrected chi connectivity index (χ2v) is 14.6. The molecule has 284 valence electrons. The Morgan fingerprint density at radius 2 is 1.12 bits per heavy atom. The fourth-order valence-corrected chi connectivity index (χ4v) is 8.59. The number of hydrogen-bond donors (Lipinski definition) is 0. The third-order valence-electron chi connectivity index (χ3n) is 11.2. The van der Waals surface area contributed by atoms with E-state index < -0.39 is 0 Å². The summed E-state index contributed by atoms with van der Waals surface area (Å²) < 4.78 is 11.2. The van der Waals surface area contributed by atoms with E-state index >= 15 is 0 Å². The SMILES string of the molecule is [Pt].[c-]1c(Oc2[c-]c3c(cc2)c2ccccc2n3-c2cc3c(cn2)c2cc4ccccc4cc2n3-c2ccccc2)cccc1N1[CH-]N(c2ccccc2)c2ccccc21. The van der Waals surface area contributed by atoms with Crippen LogP contribution in [0.2, 0.25) is 0 Å². The average molecular weight is 938 g/mol. The van der Waals surface area contributed by atoms with Gasteiger partial charge in [0.2, 0.25) is 0 Å². The number of ether oxygens (including phenoxy) is 1. The molecule has 1 aliphatic heterocycles. The molecule has 6 nitrogen and oxygen atoms in total. The van der Waals surface area contributed by atoms with Gasteiger partial charge in [-0.2, -0.15) is 12.1 Å². The first-order valence-electron chi connectivity index (χ1n) is 19.4. The summed E-state index contributed by atoms with van der Waals surface area (Å²) in [6, 6.07) is 70.5. The van der Waals surface area contributed by atoms with Gasteiger partial charge in [-0.25, -0.2) is 4.98 Å². The van der Waals surface area contributed by atoms with Crippen LogP contribution in [0.15, 0.2) is 188 Å². The molecule has 8 aromatic carbocycles. The van der Waals surface area contributed by atoms with Crippen molar-refractivity contribution in [2.75, 3.05) is 9.80 Å². The minimum absolute atomic E-state index is 0. The Morgan fingerprint density at radius 1 is 0.458 bits per heavy atom. The maximum atomic E-state index is 6.59. The van der Waals surface area contributed by atoms with Crippen LogP contribution in [0, 0.1) is 18.8 Å². The van der Waals surface area contributed by atoms with Crippen LogP contribution >= 0.6 is 0 Å². The molecule has 0 radical (unpaired) electrons. The van der Waals surface area contributed by atoms with Crippen molar-refractivity contribution in [1.29, 1.82) is 0 Å². The minimum Gasteiger partial charge on any atom is -0.509 e. The molecule has 0 saturated heterocycles. The summed E-state index contributed by atoms with van der Waals surface area (Å²) in [6.45, 7) is 2.11. The first kappa shape index (κ1) is 35.1. The van der Waals surface area contributed by atoms with Crippen molar-refractivity contribution >= 4 is 77.1 Å². The van der Waals surface area contributed by atoms with E-state index in [0.29, 0.717) is 11.5 Å². The molecule has 0 amide bonds. The summed E-state index contributed by atoms with van der Waals surface area (Å²) in [5.74, 6) is 1.99. The van der Waals surface area contributed by atoms with Gasteiger partial charge in [0.25, 0.3) is 0 Å². The Balaban J connectivity index is 0.00000397. The monoisotopic (exact) mass is 937 g/mol. The molecule has 0 atom stereocenters. The summed E-state index contributed by atoms with van der Waals surface area (Å²) in [4.78, 5) is 9.52. The molecule has 0 unspecified atom stereocenters. The van der Waals surface area contributed by atoms with Gasteiger partial charge in [0.1, 0.15) is 5.82 Å². The van der Waals surface area contributed by atoms with E-state index in [1.165, 1.54) is 16.2 Å². The van der Waals surface area contributed by atoms with Crippen LogP contribution < -0.4 is 14.5 Å². The maximum absolute atomic E-state index is 6.59. The van der Waals surface area contributed by atoms with E-state index in [1.54, 1.807) is 0 Å². The number of aromatic nitrogens is 3. The van der Waals surface area contributed by atoms with Crippen LogP contribution in [-0.2, 0) is 21.1 Å². The predicted molar refractivity (Wildman–Crippen MR) is 236 cm³/mol. The summed E-state index contributed by atoms with van der Waals surface area (Å²) in [6.07, 6.45) is 2.02. The topological polar surface area (TPSA) is 38.5 Å². The van der Waals surface area contributed by atoms with Crippen molar-refractivity contribution in [3.05, 3.63) is 207 Å². The molecule has 59 heavy (non-hydrogen) atoms. The number of hydrogen-bond acceptors (Lipinski definition) is 4. The van der Waals surface area contributed by atoms with Gasteiger partial charge >= 0.3 is 0 Å². The third-order valence-corrected chi connectivity index (χ3v) is 11.2. The van der Waals surface area contributed by atoms with E-state index in [9.17, 15) is 0 Å². The van der Waals surface area contributed by atoms with E-state index in [2.05, 4.69) is 195 Å². The summed E-state index contributed by atoms with van der Waals surface area (Å²) >= 11 is 0. The van der Waals surface area contributed by atoms with Gasteiger partial charge < -0.3 is 23.7 Å². The first-order chi connectivity index (χ1) is 28.7. The number of rotatable bonds is 6. The molecule has 0 aliphatic carbocycles. The maximum Gasteiger partial charge on any atom is 0.137 e. The van der Waals surface area contributed by atoms with Gasteiger partial charge in [0.05, 0.1) is 11.0 Å². The van der Waals surface area contributed by atoms with Crippen LogP contribution in [-0.4, -0.2) is 14.1 Å². The van der Waals surface area contributed by atoms with Gasteiger partial charge in [-0.1, -0.05) is 96.5 Å².